The molecule has 2 heterocycles. The summed E-state index contributed by atoms with van der Waals surface area (Å²) in [5.74, 6) is 1.74. The van der Waals surface area contributed by atoms with Gasteiger partial charge in [-0.2, -0.15) is 0 Å². The van der Waals surface area contributed by atoms with E-state index in [-0.39, 0.29) is 0 Å². The fourth-order valence-corrected chi connectivity index (χ4v) is 3.55. The molecule has 2 atom stereocenters. The van der Waals surface area contributed by atoms with E-state index in [2.05, 4.69) is 41.4 Å². The molecule has 1 saturated heterocycles. The molecule has 20 heavy (non-hydrogen) atoms. The minimum Gasteiger partial charge on any atom is -0.493 e. The van der Waals surface area contributed by atoms with Gasteiger partial charge in [-0.3, -0.25) is 4.90 Å². The van der Waals surface area contributed by atoms with Gasteiger partial charge in [-0.05, 0) is 24.5 Å². The van der Waals surface area contributed by atoms with E-state index in [1.54, 1.807) is 0 Å². The first-order valence-corrected chi connectivity index (χ1v) is 8.05. The van der Waals surface area contributed by atoms with Crippen LogP contribution in [0.25, 0.3) is 0 Å². The molecule has 0 saturated carbocycles. The third kappa shape index (κ3) is 2.99. The maximum Gasteiger partial charge on any atom is 0.122 e. The molecule has 1 fully saturated rings. The molecule has 0 spiro atoms. The first-order valence-electron chi connectivity index (χ1n) is 8.05. The number of nitrogens with zero attached hydrogens (tertiary/aromatic N) is 1. The van der Waals surface area contributed by atoms with Gasteiger partial charge in [0.15, 0.2) is 0 Å². The van der Waals surface area contributed by atoms with Crippen molar-refractivity contribution in [1.82, 2.24) is 10.2 Å². The molecule has 2 unspecified atom stereocenters. The smallest absolute Gasteiger partial charge is 0.122 e. The third-order valence-corrected chi connectivity index (χ3v) is 4.63. The fourth-order valence-electron chi connectivity index (χ4n) is 3.55. The first kappa shape index (κ1) is 13.9. The Bertz CT molecular complexity index is 433. The van der Waals surface area contributed by atoms with Gasteiger partial charge >= 0.3 is 0 Å². The first-order chi connectivity index (χ1) is 9.88. The normalized spacial score (nSPS) is 26.9. The Kier molecular flexibility index (Phi) is 4.58. The van der Waals surface area contributed by atoms with E-state index < -0.39 is 0 Å². The second kappa shape index (κ2) is 6.59. The van der Waals surface area contributed by atoms with Crippen molar-refractivity contribution >= 4 is 0 Å². The molecule has 3 rings (SSSR count). The number of benzene rings is 1. The van der Waals surface area contributed by atoms with Crippen molar-refractivity contribution in [2.24, 2.45) is 0 Å². The van der Waals surface area contributed by atoms with Gasteiger partial charge in [-0.1, -0.05) is 31.5 Å². The van der Waals surface area contributed by atoms with Gasteiger partial charge in [0.25, 0.3) is 0 Å². The fraction of sp³-hybridized carbons (Fsp3) is 0.647. The average molecular weight is 274 g/mol. The highest BCUT2D eigenvalue weighted by Gasteiger charge is 2.27. The summed E-state index contributed by atoms with van der Waals surface area (Å²) in [7, 11) is 0. The molecule has 0 radical (unpaired) electrons. The minimum atomic E-state index is 0.636. The second-order valence-corrected chi connectivity index (χ2v) is 6.01. The summed E-state index contributed by atoms with van der Waals surface area (Å²) in [6.07, 6.45) is 3.73. The molecule has 1 aromatic rings. The molecular formula is C17H26N2O. The van der Waals surface area contributed by atoms with Crippen LogP contribution >= 0.6 is 0 Å². The van der Waals surface area contributed by atoms with Crippen LogP contribution in [-0.4, -0.2) is 43.7 Å². The molecule has 0 aliphatic carbocycles. The number of ether oxygens (including phenoxy) is 1. The lowest BCUT2D eigenvalue weighted by molar-refractivity contribution is 0.131. The number of nitrogens with one attached hydrogen (secondary N) is 1. The van der Waals surface area contributed by atoms with Crippen LogP contribution in [0.5, 0.6) is 5.75 Å². The summed E-state index contributed by atoms with van der Waals surface area (Å²) in [4.78, 5) is 2.70. The number of para-hydroxylation sites is 1. The monoisotopic (exact) mass is 274 g/mol. The predicted octanol–water partition coefficient (Wildman–Crippen LogP) is 2.63. The van der Waals surface area contributed by atoms with Crippen molar-refractivity contribution < 1.29 is 4.74 Å². The summed E-state index contributed by atoms with van der Waals surface area (Å²) in [5, 5.41) is 3.54. The van der Waals surface area contributed by atoms with Crippen LogP contribution in [-0.2, 0) is 0 Å². The van der Waals surface area contributed by atoms with E-state index in [1.165, 1.54) is 31.5 Å². The van der Waals surface area contributed by atoms with Crippen LogP contribution in [0.15, 0.2) is 24.3 Å². The van der Waals surface area contributed by atoms with Crippen LogP contribution in [0.1, 0.15) is 37.7 Å². The van der Waals surface area contributed by atoms with Crippen molar-refractivity contribution in [3.63, 3.8) is 0 Å². The molecule has 3 nitrogen and oxygen atoms in total. The highest BCUT2D eigenvalue weighted by molar-refractivity contribution is 5.38. The van der Waals surface area contributed by atoms with Crippen LogP contribution < -0.4 is 10.1 Å². The van der Waals surface area contributed by atoms with Gasteiger partial charge in [0.2, 0.25) is 0 Å². The Hall–Kier alpha value is -1.06. The van der Waals surface area contributed by atoms with Gasteiger partial charge in [0.05, 0.1) is 6.61 Å². The van der Waals surface area contributed by atoms with Gasteiger partial charge in [-0.25, -0.2) is 0 Å². The minimum absolute atomic E-state index is 0.636. The lowest BCUT2D eigenvalue weighted by Crippen LogP contribution is -2.52. The van der Waals surface area contributed by atoms with Crippen LogP contribution in [0.2, 0.25) is 0 Å². The van der Waals surface area contributed by atoms with Gasteiger partial charge in [-0.15, -0.1) is 0 Å². The second-order valence-electron chi connectivity index (χ2n) is 6.01. The summed E-state index contributed by atoms with van der Waals surface area (Å²) in [5.41, 5.74) is 1.41. The molecule has 1 aromatic carbocycles. The van der Waals surface area contributed by atoms with E-state index in [0.29, 0.717) is 12.0 Å². The Morgan fingerprint density at radius 3 is 3.15 bits per heavy atom. The zero-order chi connectivity index (χ0) is 13.8. The van der Waals surface area contributed by atoms with Gasteiger partial charge in [0, 0.05) is 38.1 Å². The van der Waals surface area contributed by atoms with Crippen molar-refractivity contribution in [2.45, 2.75) is 38.1 Å². The Balaban J connectivity index is 1.71. The van der Waals surface area contributed by atoms with E-state index in [1.807, 2.05) is 0 Å². The molecule has 0 aromatic heterocycles. The molecule has 2 aliphatic heterocycles. The largest absolute Gasteiger partial charge is 0.493 e. The van der Waals surface area contributed by atoms with Crippen molar-refractivity contribution in [3.8, 4) is 5.75 Å². The standard InChI is InChI=1S/C17H26N2O/c1-2-5-15-12-18-9-10-19(15)13-14-8-11-20-17-7-4-3-6-16(14)17/h3-4,6-7,14-15,18H,2,5,8-13H2,1H3. The van der Waals surface area contributed by atoms with E-state index in [4.69, 9.17) is 4.74 Å². The van der Waals surface area contributed by atoms with E-state index in [9.17, 15) is 0 Å². The highest BCUT2D eigenvalue weighted by atomic mass is 16.5. The van der Waals surface area contributed by atoms with Gasteiger partial charge < -0.3 is 10.1 Å². The average Bonchev–Trinajstić information content (AvgIpc) is 2.50. The van der Waals surface area contributed by atoms with E-state index >= 15 is 0 Å². The van der Waals surface area contributed by atoms with E-state index in [0.717, 1.165) is 31.9 Å². The SMILES string of the molecule is CCCC1CNCCN1CC1CCOc2ccccc21. The number of piperazine rings is 1. The number of rotatable bonds is 4. The van der Waals surface area contributed by atoms with Crippen molar-refractivity contribution in [1.29, 1.82) is 0 Å². The molecule has 110 valence electrons. The summed E-state index contributed by atoms with van der Waals surface area (Å²) >= 11 is 0. The molecule has 1 N–H and O–H groups in total. The zero-order valence-electron chi connectivity index (χ0n) is 12.5. The lowest BCUT2D eigenvalue weighted by atomic mass is 9.91. The molecule has 0 bridgehead atoms. The number of hydrogen-bond donors (Lipinski definition) is 1. The highest BCUT2D eigenvalue weighted by Crippen LogP contribution is 2.34. The summed E-state index contributed by atoms with van der Waals surface area (Å²) in [6, 6.07) is 9.29. The van der Waals surface area contributed by atoms with Crippen LogP contribution in [0.3, 0.4) is 0 Å². The molecule has 0 amide bonds. The predicted molar refractivity (Wildman–Crippen MR) is 82.4 cm³/mol. The lowest BCUT2D eigenvalue weighted by Gasteiger charge is -2.39. The maximum absolute atomic E-state index is 5.79. The summed E-state index contributed by atoms with van der Waals surface area (Å²) < 4.78 is 5.79. The topological polar surface area (TPSA) is 24.5 Å². The molecule has 3 heteroatoms. The van der Waals surface area contributed by atoms with Crippen LogP contribution in [0, 0.1) is 0 Å². The number of fused-ring (bicyclic) bond motifs is 1. The van der Waals surface area contributed by atoms with Gasteiger partial charge in [0.1, 0.15) is 5.75 Å². The van der Waals surface area contributed by atoms with Crippen LogP contribution in [0.4, 0.5) is 0 Å². The Morgan fingerprint density at radius 1 is 1.35 bits per heavy atom. The number of hydrogen-bond acceptors (Lipinski definition) is 3. The Morgan fingerprint density at radius 2 is 2.25 bits per heavy atom. The summed E-state index contributed by atoms with van der Waals surface area (Å²) in [6.45, 7) is 7.81. The molecule has 2 aliphatic rings. The van der Waals surface area contributed by atoms with Crippen molar-refractivity contribution in [3.05, 3.63) is 29.8 Å². The van der Waals surface area contributed by atoms with Crippen molar-refractivity contribution in [2.75, 3.05) is 32.8 Å². The maximum atomic E-state index is 5.79. The Labute approximate surface area is 122 Å². The zero-order valence-corrected chi connectivity index (χ0v) is 12.5. The molecular weight excluding hydrogens is 248 g/mol. The quantitative estimate of drug-likeness (QED) is 0.913. The third-order valence-electron chi connectivity index (χ3n) is 4.63.